The van der Waals surface area contributed by atoms with E-state index >= 15 is 0 Å². The molecule has 16 heavy (non-hydrogen) atoms. The molecule has 0 aliphatic carbocycles. The van der Waals surface area contributed by atoms with Gasteiger partial charge in [0, 0.05) is 6.07 Å². The van der Waals surface area contributed by atoms with E-state index < -0.39 is 0 Å². The average Bonchev–Trinajstić information content (AvgIpc) is 2.82. The van der Waals surface area contributed by atoms with Gasteiger partial charge in [0.25, 0.3) is 0 Å². The first-order chi connectivity index (χ1) is 7.74. The zero-order valence-electron chi connectivity index (χ0n) is 8.16. The number of nitrogen functional groups attached to an aromatic ring is 2. The molecule has 0 aromatic carbocycles. The number of aromatic nitrogens is 4. The van der Waals surface area contributed by atoms with Gasteiger partial charge in [0.2, 0.25) is 11.8 Å². The van der Waals surface area contributed by atoms with Crippen LogP contribution in [0, 0.1) is 0 Å². The monoisotopic (exact) mass is 216 g/mol. The lowest BCUT2D eigenvalue weighted by Gasteiger charge is -1.96. The lowest BCUT2D eigenvalue weighted by molar-refractivity contribution is 0.577. The van der Waals surface area contributed by atoms with E-state index in [4.69, 9.17) is 15.9 Å². The van der Waals surface area contributed by atoms with Gasteiger partial charge in [-0.3, -0.25) is 0 Å². The summed E-state index contributed by atoms with van der Waals surface area (Å²) in [6, 6.07) is 5.12. The van der Waals surface area contributed by atoms with E-state index in [-0.39, 0.29) is 5.95 Å². The van der Waals surface area contributed by atoms with Crippen molar-refractivity contribution in [2.75, 3.05) is 11.5 Å². The van der Waals surface area contributed by atoms with Crippen molar-refractivity contribution >= 4 is 17.4 Å². The lowest BCUT2D eigenvalue weighted by Crippen LogP contribution is -2.04. The Bertz CT molecular complexity index is 641. The number of hydrogen-bond acceptors (Lipinski definition) is 6. The zero-order valence-corrected chi connectivity index (χ0v) is 8.16. The van der Waals surface area contributed by atoms with Crippen LogP contribution in [-0.2, 0) is 0 Å². The van der Waals surface area contributed by atoms with Gasteiger partial charge < -0.3 is 15.9 Å². The third-order valence-corrected chi connectivity index (χ3v) is 2.11. The first-order valence-corrected chi connectivity index (χ1v) is 4.57. The van der Waals surface area contributed by atoms with Gasteiger partial charge in [-0.2, -0.15) is 9.50 Å². The van der Waals surface area contributed by atoms with Gasteiger partial charge in [-0.15, -0.1) is 5.10 Å². The number of fused-ring (bicyclic) bond motifs is 1. The third-order valence-electron chi connectivity index (χ3n) is 2.11. The van der Waals surface area contributed by atoms with Crippen molar-refractivity contribution in [2.24, 2.45) is 0 Å². The molecule has 0 saturated carbocycles. The summed E-state index contributed by atoms with van der Waals surface area (Å²) in [5.41, 5.74) is 11.8. The van der Waals surface area contributed by atoms with E-state index in [1.807, 2.05) is 0 Å². The van der Waals surface area contributed by atoms with Gasteiger partial charge >= 0.3 is 0 Å². The first kappa shape index (κ1) is 8.72. The zero-order chi connectivity index (χ0) is 11.1. The van der Waals surface area contributed by atoms with Crippen molar-refractivity contribution in [3.8, 4) is 11.6 Å². The molecule has 0 amide bonds. The van der Waals surface area contributed by atoms with Crippen molar-refractivity contribution in [2.45, 2.75) is 0 Å². The van der Waals surface area contributed by atoms with Crippen molar-refractivity contribution in [1.82, 2.24) is 19.6 Å². The van der Waals surface area contributed by atoms with Crippen LogP contribution in [-0.4, -0.2) is 19.6 Å². The number of hydrogen-bond donors (Lipinski definition) is 2. The standard InChI is InChI=1S/C9H8N6O/c10-6-4-7-13-8(5-2-1-3-16-5)14-15(7)9(11)12-6/h1-4H,10H2,(H2,11,12). The predicted octanol–water partition coefficient (Wildman–Crippen LogP) is 0.549. The molecule has 0 bridgehead atoms. The summed E-state index contributed by atoms with van der Waals surface area (Å²) >= 11 is 0. The molecule has 7 heteroatoms. The van der Waals surface area contributed by atoms with Crippen molar-refractivity contribution in [3.63, 3.8) is 0 Å². The fourth-order valence-electron chi connectivity index (χ4n) is 1.44. The Labute approximate surface area is 89.7 Å². The molecule has 3 aromatic heterocycles. The van der Waals surface area contributed by atoms with Gasteiger partial charge in [0.15, 0.2) is 11.4 Å². The van der Waals surface area contributed by atoms with Crippen molar-refractivity contribution in [3.05, 3.63) is 24.5 Å². The smallest absolute Gasteiger partial charge is 0.225 e. The highest BCUT2D eigenvalue weighted by molar-refractivity contribution is 5.57. The molecule has 0 saturated heterocycles. The average molecular weight is 216 g/mol. The molecule has 0 aliphatic rings. The van der Waals surface area contributed by atoms with Crippen LogP contribution in [0.3, 0.4) is 0 Å². The number of anilines is 2. The number of furan rings is 1. The minimum absolute atomic E-state index is 0.195. The fraction of sp³-hybridized carbons (Fsp3) is 0. The Morgan fingerprint density at radius 1 is 1.25 bits per heavy atom. The maximum absolute atomic E-state index is 5.66. The Morgan fingerprint density at radius 3 is 2.88 bits per heavy atom. The summed E-state index contributed by atoms with van der Waals surface area (Å²) in [6.07, 6.45) is 1.55. The first-order valence-electron chi connectivity index (χ1n) is 4.57. The SMILES string of the molecule is Nc1cc2nc(-c3ccco3)nn2c(N)n1. The van der Waals surface area contributed by atoms with Crippen LogP contribution in [0.4, 0.5) is 11.8 Å². The maximum Gasteiger partial charge on any atom is 0.225 e. The van der Waals surface area contributed by atoms with E-state index in [9.17, 15) is 0 Å². The van der Waals surface area contributed by atoms with Gasteiger partial charge in [0.05, 0.1) is 6.26 Å². The molecular weight excluding hydrogens is 208 g/mol. The predicted molar refractivity (Wildman–Crippen MR) is 57.3 cm³/mol. The molecule has 3 rings (SSSR count). The summed E-state index contributed by atoms with van der Waals surface area (Å²) in [5.74, 6) is 1.52. The highest BCUT2D eigenvalue weighted by Gasteiger charge is 2.11. The molecule has 0 radical (unpaired) electrons. The Morgan fingerprint density at radius 2 is 2.12 bits per heavy atom. The molecule has 80 valence electrons. The molecule has 4 N–H and O–H groups in total. The van der Waals surface area contributed by atoms with E-state index in [1.54, 1.807) is 24.5 Å². The lowest BCUT2D eigenvalue weighted by atomic mass is 10.4. The number of rotatable bonds is 1. The van der Waals surface area contributed by atoms with Crippen molar-refractivity contribution in [1.29, 1.82) is 0 Å². The summed E-state index contributed by atoms with van der Waals surface area (Å²) < 4.78 is 6.60. The minimum atomic E-state index is 0.195. The van der Waals surface area contributed by atoms with Crippen LogP contribution in [0.2, 0.25) is 0 Å². The van der Waals surface area contributed by atoms with E-state index in [2.05, 4.69) is 15.1 Å². The van der Waals surface area contributed by atoms with Crippen LogP contribution in [0.5, 0.6) is 0 Å². The molecule has 3 aromatic rings. The van der Waals surface area contributed by atoms with Gasteiger partial charge in [-0.25, -0.2) is 4.98 Å². The van der Waals surface area contributed by atoms with Crippen LogP contribution >= 0.6 is 0 Å². The summed E-state index contributed by atoms with van der Waals surface area (Å²) in [7, 11) is 0. The highest BCUT2D eigenvalue weighted by atomic mass is 16.3. The van der Waals surface area contributed by atoms with Crippen LogP contribution in [0.1, 0.15) is 0 Å². The molecule has 0 spiro atoms. The quantitative estimate of drug-likeness (QED) is 0.614. The largest absolute Gasteiger partial charge is 0.461 e. The Balaban J connectivity index is 2.27. The summed E-state index contributed by atoms with van der Waals surface area (Å²) in [5, 5.41) is 4.16. The second-order valence-electron chi connectivity index (χ2n) is 3.22. The van der Waals surface area contributed by atoms with Crippen LogP contribution in [0.25, 0.3) is 17.2 Å². The second kappa shape index (κ2) is 2.96. The molecule has 0 aliphatic heterocycles. The normalized spacial score (nSPS) is 11.0. The minimum Gasteiger partial charge on any atom is -0.461 e. The molecule has 7 nitrogen and oxygen atoms in total. The molecule has 3 heterocycles. The number of nitrogens with two attached hydrogens (primary N) is 2. The number of nitrogens with zero attached hydrogens (tertiary/aromatic N) is 4. The molecule has 0 atom stereocenters. The topological polar surface area (TPSA) is 108 Å². The van der Waals surface area contributed by atoms with Crippen molar-refractivity contribution < 1.29 is 4.42 Å². The highest BCUT2D eigenvalue weighted by Crippen LogP contribution is 2.18. The Kier molecular flexibility index (Phi) is 1.61. The van der Waals surface area contributed by atoms with E-state index in [1.165, 1.54) is 4.52 Å². The summed E-state index contributed by atoms with van der Waals surface area (Å²) in [4.78, 5) is 8.12. The van der Waals surface area contributed by atoms with Crippen LogP contribution in [0.15, 0.2) is 28.9 Å². The second-order valence-corrected chi connectivity index (χ2v) is 3.22. The molecular formula is C9H8N6O. The fourth-order valence-corrected chi connectivity index (χ4v) is 1.44. The van der Waals surface area contributed by atoms with Gasteiger partial charge in [0.1, 0.15) is 5.82 Å². The van der Waals surface area contributed by atoms with Gasteiger partial charge in [-0.1, -0.05) is 0 Å². The molecule has 0 unspecified atom stereocenters. The van der Waals surface area contributed by atoms with E-state index in [0.29, 0.717) is 23.0 Å². The maximum atomic E-state index is 5.66. The van der Waals surface area contributed by atoms with Crippen LogP contribution < -0.4 is 11.5 Å². The van der Waals surface area contributed by atoms with Gasteiger partial charge in [-0.05, 0) is 12.1 Å². The van der Waals surface area contributed by atoms with E-state index in [0.717, 1.165) is 0 Å². The summed E-state index contributed by atoms with van der Waals surface area (Å²) in [6.45, 7) is 0. The molecule has 0 fully saturated rings. The Hall–Kier alpha value is -2.57. The third kappa shape index (κ3) is 1.18.